The van der Waals surface area contributed by atoms with Crippen molar-refractivity contribution in [2.45, 2.75) is 20.8 Å². The van der Waals surface area contributed by atoms with E-state index in [2.05, 4.69) is 6.58 Å². The van der Waals surface area contributed by atoms with Gasteiger partial charge in [0.05, 0.1) is 0 Å². The van der Waals surface area contributed by atoms with Crippen LogP contribution in [0.2, 0.25) is 0 Å². The Morgan fingerprint density at radius 2 is 1.08 bits per heavy atom. The van der Waals surface area contributed by atoms with E-state index in [1.807, 2.05) is 42.5 Å². The van der Waals surface area contributed by atoms with E-state index in [1.54, 1.807) is 69.3 Å². The Morgan fingerprint density at radius 1 is 0.658 bits per heavy atom. The number of ether oxygens (including phenoxy) is 2. The van der Waals surface area contributed by atoms with Gasteiger partial charge in [-0.1, -0.05) is 73.3 Å². The van der Waals surface area contributed by atoms with E-state index in [0.717, 1.165) is 22.3 Å². The molecule has 0 bridgehead atoms. The summed E-state index contributed by atoms with van der Waals surface area (Å²) in [6.45, 7) is 8.63. The van der Waals surface area contributed by atoms with Gasteiger partial charge in [-0.05, 0) is 78.9 Å². The zero-order valence-corrected chi connectivity index (χ0v) is 21.5. The minimum atomic E-state index is -0.460. The van der Waals surface area contributed by atoms with Gasteiger partial charge < -0.3 is 9.47 Å². The van der Waals surface area contributed by atoms with Crippen LogP contribution in [0.25, 0.3) is 33.4 Å². The summed E-state index contributed by atoms with van der Waals surface area (Å²) in [4.78, 5) is 23.6. The number of carbonyl (C=O) groups is 2. The number of hydrogen-bond donors (Lipinski definition) is 0. The van der Waals surface area contributed by atoms with Crippen LogP contribution in [0.1, 0.15) is 20.8 Å². The molecule has 0 amide bonds. The topological polar surface area (TPSA) is 52.6 Å². The predicted molar refractivity (Wildman–Crippen MR) is 148 cm³/mol. The van der Waals surface area contributed by atoms with E-state index in [-0.39, 0.29) is 5.82 Å². The summed E-state index contributed by atoms with van der Waals surface area (Å²) in [5, 5.41) is 0. The van der Waals surface area contributed by atoms with Crippen molar-refractivity contribution in [3.8, 4) is 44.9 Å². The molecule has 0 saturated carbocycles. The van der Waals surface area contributed by atoms with Crippen LogP contribution in [-0.2, 0) is 9.59 Å². The predicted octanol–water partition coefficient (Wildman–Crippen LogP) is 8.18. The van der Waals surface area contributed by atoms with Gasteiger partial charge in [0.2, 0.25) is 0 Å². The van der Waals surface area contributed by atoms with Gasteiger partial charge in [-0.25, -0.2) is 14.0 Å². The summed E-state index contributed by atoms with van der Waals surface area (Å²) in [5.74, 6) is -0.366. The number of allylic oxidation sites excluding steroid dienone is 1. The van der Waals surface area contributed by atoms with Gasteiger partial charge in [0, 0.05) is 16.7 Å². The third-order valence-corrected chi connectivity index (χ3v) is 6.06. The van der Waals surface area contributed by atoms with Gasteiger partial charge in [-0.3, -0.25) is 0 Å². The number of hydrogen-bond acceptors (Lipinski definition) is 4. The molecule has 0 saturated heterocycles. The molecular weight excluding hydrogens is 479 g/mol. The molecule has 0 heterocycles. The zero-order valence-electron chi connectivity index (χ0n) is 21.5. The Balaban J connectivity index is 1.47. The SMILES string of the molecule is C=C(C)C(=O)Oc1ccc(-c2ccc(-c3ccc(-c4ccc(OC(=O)/C(C)=C/C)cc4)c(F)c3)cc2)cc1. The second-order valence-corrected chi connectivity index (χ2v) is 8.85. The first-order chi connectivity index (χ1) is 18.2. The van der Waals surface area contributed by atoms with Crippen LogP contribution in [0, 0.1) is 5.82 Å². The maximum Gasteiger partial charge on any atom is 0.338 e. The molecule has 5 heteroatoms. The minimum Gasteiger partial charge on any atom is -0.423 e. The summed E-state index contributed by atoms with van der Waals surface area (Å²) in [6, 6.07) is 26.9. The normalized spacial score (nSPS) is 11.1. The lowest BCUT2D eigenvalue weighted by atomic mass is 9.97. The van der Waals surface area contributed by atoms with Crippen molar-refractivity contribution in [2.24, 2.45) is 0 Å². The fourth-order valence-electron chi connectivity index (χ4n) is 3.70. The van der Waals surface area contributed by atoms with E-state index < -0.39 is 11.9 Å². The first-order valence-corrected chi connectivity index (χ1v) is 12.1. The number of esters is 2. The van der Waals surface area contributed by atoms with Crippen LogP contribution in [-0.4, -0.2) is 11.9 Å². The zero-order chi connectivity index (χ0) is 27.2. The highest BCUT2D eigenvalue weighted by Gasteiger charge is 2.11. The molecule has 0 spiro atoms. The number of carbonyl (C=O) groups excluding carboxylic acids is 2. The highest BCUT2D eigenvalue weighted by Crippen LogP contribution is 2.31. The molecule has 0 aliphatic carbocycles. The molecule has 0 aromatic heterocycles. The Hall–Kier alpha value is -4.77. The van der Waals surface area contributed by atoms with Gasteiger partial charge in [-0.2, -0.15) is 0 Å². The van der Waals surface area contributed by atoms with Gasteiger partial charge >= 0.3 is 11.9 Å². The Morgan fingerprint density at radius 3 is 1.55 bits per heavy atom. The molecule has 4 aromatic rings. The summed E-state index contributed by atoms with van der Waals surface area (Å²) in [6.07, 6.45) is 1.68. The second-order valence-electron chi connectivity index (χ2n) is 8.85. The smallest absolute Gasteiger partial charge is 0.338 e. The van der Waals surface area contributed by atoms with Gasteiger partial charge in [-0.15, -0.1) is 0 Å². The van der Waals surface area contributed by atoms with Crippen molar-refractivity contribution in [3.63, 3.8) is 0 Å². The monoisotopic (exact) mass is 506 g/mol. The Labute approximate surface area is 221 Å². The second kappa shape index (κ2) is 11.5. The summed E-state index contributed by atoms with van der Waals surface area (Å²) in [7, 11) is 0. The Kier molecular flexibility index (Phi) is 7.97. The molecule has 4 nitrogen and oxygen atoms in total. The first kappa shape index (κ1) is 26.3. The fraction of sp³-hybridized carbons (Fsp3) is 0.0909. The summed E-state index contributed by atoms with van der Waals surface area (Å²) < 4.78 is 25.6. The lowest BCUT2D eigenvalue weighted by Gasteiger charge is -2.10. The van der Waals surface area contributed by atoms with Crippen LogP contribution >= 0.6 is 0 Å². The fourth-order valence-corrected chi connectivity index (χ4v) is 3.70. The molecule has 4 aromatic carbocycles. The molecule has 38 heavy (non-hydrogen) atoms. The summed E-state index contributed by atoms with van der Waals surface area (Å²) >= 11 is 0. The summed E-state index contributed by atoms with van der Waals surface area (Å²) in [5.41, 5.74) is 5.58. The molecule has 0 radical (unpaired) electrons. The average molecular weight is 507 g/mol. The van der Waals surface area contributed by atoms with Crippen LogP contribution in [0.4, 0.5) is 4.39 Å². The molecular formula is C33H27FO4. The van der Waals surface area contributed by atoms with E-state index in [4.69, 9.17) is 9.47 Å². The standard InChI is InChI=1S/C33H27FO4/c1-5-22(4)33(36)38-29-17-12-26(13-18-29)30-19-14-27(20-31(30)34)25-8-6-23(7-9-25)24-10-15-28(16-11-24)37-32(35)21(2)3/h5-20H,2H2,1,3-4H3/b22-5+. The molecule has 0 aliphatic heterocycles. The first-order valence-electron chi connectivity index (χ1n) is 12.1. The molecule has 0 fully saturated rings. The van der Waals surface area contributed by atoms with Crippen molar-refractivity contribution in [1.29, 1.82) is 0 Å². The third-order valence-electron chi connectivity index (χ3n) is 6.06. The molecule has 0 unspecified atom stereocenters. The number of halogens is 1. The molecule has 0 aliphatic rings. The van der Waals surface area contributed by atoms with Crippen molar-refractivity contribution in [1.82, 2.24) is 0 Å². The molecule has 190 valence electrons. The lowest BCUT2D eigenvalue weighted by Crippen LogP contribution is -2.08. The maximum absolute atomic E-state index is 15.1. The van der Waals surface area contributed by atoms with Crippen LogP contribution in [0.3, 0.4) is 0 Å². The van der Waals surface area contributed by atoms with E-state index in [1.165, 1.54) is 6.07 Å². The lowest BCUT2D eigenvalue weighted by molar-refractivity contribution is -0.131. The number of benzene rings is 4. The van der Waals surface area contributed by atoms with Crippen LogP contribution in [0.5, 0.6) is 11.5 Å². The van der Waals surface area contributed by atoms with Crippen LogP contribution in [0.15, 0.2) is 115 Å². The van der Waals surface area contributed by atoms with Crippen molar-refractivity contribution < 1.29 is 23.5 Å². The minimum absolute atomic E-state index is 0.338. The molecule has 4 rings (SSSR count). The van der Waals surface area contributed by atoms with E-state index >= 15 is 4.39 Å². The van der Waals surface area contributed by atoms with Crippen molar-refractivity contribution in [3.05, 3.63) is 121 Å². The van der Waals surface area contributed by atoms with Crippen molar-refractivity contribution >= 4 is 11.9 Å². The maximum atomic E-state index is 15.1. The van der Waals surface area contributed by atoms with Gasteiger partial charge in [0.15, 0.2) is 0 Å². The van der Waals surface area contributed by atoms with Gasteiger partial charge in [0.1, 0.15) is 17.3 Å². The molecule has 0 N–H and O–H groups in total. The third kappa shape index (κ3) is 6.13. The molecule has 0 atom stereocenters. The van der Waals surface area contributed by atoms with E-state index in [0.29, 0.717) is 33.8 Å². The highest BCUT2D eigenvalue weighted by molar-refractivity contribution is 5.89. The number of rotatable bonds is 7. The van der Waals surface area contributed by atoms with Crippen molar-refractivity contribution in [2.75, 3.05) is 0 Å². The van der Waals surface area contributed by atoms with Gasteiger partial charge in [0.25, 0.3) is 0 Å². The Bertz CT molecular complexity index is 1510. The van der Waals surface area contributed by atoms with Crippen LogP contribution < -0.4 is 9.47 Å². The largest absolute Gasteiger partial charge is 0.423 e. The highest BCUT2D eigenvalue weighted by atomic mass is 19.1. The average Bonchev–Trinajstić information content (AvgIpc) is 2.93. The quantitative estimate of drug-likeness (QED) is 0.144. The van der Waals surface area contributed by atoms with E-state index in [9.17, 15) is 9.59 Å².